The Morgan fingerprint density at radius 3 is 2.28 bits per heavy atom. The van der Waals surface area contributed by atoms with Crippen LogP contribution in [0.25, 0.3) is 6.08 Å². The van der Waals surface area contributed by atoms with Gasteiger partial charge in [0.2, 0.25) is 0 Å². The zero-order valence-electron chi connectivity index (χ0n) is 10.9. The Morgan fingerprint density at radius 2 is 1.67 bits per heavy atom. The van der Waals surface area contributed by atoms with Crippen molar-refractivity contribution in [3.05, 3.63) is 66.0 Å². The Kier molecular flexibility index (Phi) is 4.13. The zero-order valence-corrected chi connectivity index (χ0v) is 10.9. The van der Waals surface area contributed by atoms with Gasteiger partial charge in [-0.2, -0.15) is 0 Å². The Balaban J connectivity index is 1.97. The molecule has 1 heterocycles. The summed E-state index contributed by atoms with van der Waals surface area (Å²) in [6.07, 6.45) is 8.93. The zero-order chi connectivity index (χ0) is 12.8. The molecule has 1 aromatic heterocycles. The van der Waals surface area contributed by atoms with E-state index in [0.29, 0.717) is 0 Å². The Hall–Kier alpha value is -2.09. The van der Waals surface area contributed by atoms with Crippen LogP contribution in [0, 0.1) is 0 Å². The summed E-state index contributed by atoms with van der Waals surface area (Å²) in [7, 11) is 4.10. The number of pyridine rings is 1. The molecule has 0 unspecified atom stereocenters. The maximum absolute atomic E-state index is 4.01. The third-order valence-electron chi connectivity index (χ3n) is 2.82. The van der Waals surface area contributed by atoms with Crippen molar-refractivity contribution in [2.75, 3.05) is 19.0 Å². The molecule has 2 aromatic rings. The Labute approximate surface area is 109 Å². The molecule has 18 heavy (non-hydrogen) atoms. The largest absolute Gasteiger partial charge is 0.378 e. The minimum Gasteiger partial charge on any atom is -0.378 e. The molecule has 0 amide bonds. The van der Waals surface area contributed by atoms with Gasteiger partial charge in [-0.15, -0.1) is 0 Å². The Bertz CT molecular complexity index is 498. The lowest BCUT2D eigenvalue weighted by Gasteiger charge is -2.11. The van der Waals surface area contributed by atoms with Gasteiger partial charge in [-0.3, -0.25) is 4.98 Å². The molecule has 1 aromatic carbocycles. The summed E-state index contributed by atoms with van der Waals surface area (Å²) in [6.45, 7) is 0. The van der Waals surface area contributed by atoms with E-state index in [1.165, 1.54) is 16.8 Å². The molecule has 0 aliphatic heterocycles. The first kappa shape index (κ1) is 12.4. The van der Waals surface area contributed by atoms with Crippen molar-refractivity contribution in [1.82, 2.24) is 4.98 Å². The fourth-order valence-electron chi connectivity index (χ4n) is 1.73. The molecular weight excluding hydrogens is 220 g/mol. The Morgan fingerprint density at radius 1 is 1.00 bits per heavy atom. The molecule has 0 aliphatic carbocycles. The fourth-order valence-corrected chi connectivity index (χ4v) is 1.73. The van der Waals surface area contributed by atoms with E-state index in [2.05, 4.69) is 46.3 Å². The molecule has 0 radical (unpaired) electrons. The minimum absolute atomic E-state index is 0.942. The fraction of sp³-hybridized carbons (Fsp3) is 0.188. The van der Waals surface area contributed by atoms with Gasteiger partial charge < -0.3 is 4.90 Å². The summed E-state index contributed by atoms with van der Waals surface area (Å²) in [5, 5.41) is 0. The SMILES string of the molecule is CN(C)c1ccc(/C=C/Cc2ccncc2)cc1. The highest BCUT2D eigenvalue weighted by molar-refractivity contribution is 5.55. The average Bonchev–Trinajstić information content (AvgIpc) is 2.40. The molecule has 2 heteroatoms. The van der Waals surface area contributed by atoms with Crippen LogP contribution in [-0.2, 0) is 6.42 Å². The standard InChI is InChI=1S/C16H18N2/c1-18(2)16-8-6-14(7-9-16)4-3-5-15-10-12-17-13-11-15/h3-4,6-13H,5H2,1-2H3/b4-3+. The van der Waals surface area contributed by atoms with E-state index in [1.54, 1.807) is 0 Å². The van der Waals surface area contributed by atoms with Crippen molar-refractivity contribution in [2.45, 2.75) is 6.42 Å². The summed E-state index contributed by atoms with van der Waals surface area (Å²) in [4.78, 5) is 6.11. The summed E-state index contributed by atoms with van der Waals surface area (Å²) in [5.74, 6) is 0. The lowest BCUT2D eigenvalue weighted by Crippen LogP contribution is -2.07. The second kappa shape index (κ2) is 6.01. The molecule has 0 atom stereocenters. The first-order valence-corrected chi connectivity index (χ1v) is 6.08. The van der Waals surface area contributed by atoms with Gasteiger partial charge in [0.25, 0.3) is 0 Å². The average molecular weight is 238 g/mol. The van der Waals surface area contributed by atoms with Crippen LogP contribution in [0.3, 0.4) is 0 Å². The predicted molar refractivity (Wildman–Crippen MR) is 77.7 cm³/mol. The van der Waals surface area contributed by atoms with E-state index >= 15 is 0 Å². The van der Waals surface area contributed by atoms with Crippen molar-refractivity contribution in [3.8, 4) is 0 Å². The second-order valence-corrected chi connectivity index (χ2v) is 4.45. The van der Waals surface area contributed by atoms with Gasteiger partial charge in [-0.05, 0) is 41.8 Å². The summed E-state index contributed by atoms with van der Waals surface area (Å²) in [6, 6.07) is 12.6. The van der Waals surface area contributed by atoms with E-state index in [1.807, 2.05) is 38.6 Å². The molecular formula is C16H18N2. The third kappa shape index (κ3) is 3.45. The van der Waals surface area contributed by atoms with Crippen LogP contribution in [0.5, 0.6) is 0 Å². The molecule has 0 bridgehead atoms. The van der Waals surface area contributed by atoms with E-state index in [0.717, 1.165) is 6.42 Å². The second-order valence-electron chi connectivity index (χ2n) is 4.45. The molecule has 0 saturated heterocycles. The van der Waals surface area contributed by atoms with Crippen LogP contribution < -0.4 is 4.90 Å². The van der Waals surface area contributed by atoms with Crippen molar-refractivity contribution >= 4 is 11.8 Å². The number of benzene rings is 1. The monoisotopic (exact) mass is 238 g/mol. The third-order valence-corrected chi connectivity index (χ3v) is 2.82. The molecule has 0 saturated carbocycles. The molecule has 0 aliphatic rings. The van der Waals surface area contributed by atoms with Crippen LogP contribution >= 0.6 is 0 Å². The highest BCUT2D eigenvalue weighted by Gasteiger charge is 1.93. The smallest absolute Gasteiger partial charge is 0.0361 e. The first-order chi connectivity index (χ1) is 8.75. The van der Waals surface area contributed by atoms with Gasteiger partial charge in [-0.1, -0.05) is 24.3 Å². The first-order valence-electron chi connectivity index (χ1n) is 6.08. The van der Waals surface area contributed by atoms with Crippen LogP contribution in [0.1, 0.15) is 11.1 Å². The number of hydrogen-bond acceptors (Lipinski definition) is 2. The van der Waals surface area contributed by atoms with Crippen LogP contribution in [-0.4, -0.2) is 19.1 Å². The summed E-state index contributed by atoms with van der Waals surface area (Å²) in [5.41, 5.74) is 3.74. The van der Waals surface area contributed by atoms with Gasteiger partial charge in [0, 0.05) is 32.2 Å². The lowest BCUT2D eigenvalue weighted by molar-refractivity contribution is 1.13. The van der Waals surface area contributed by atoms with E-state index in [4.69, 9.17) is 0 Å². The van der Waals surface area contributed by atoms with Crippen molar-refractivity contribution in [3.63, 3.8) is 0 Å². The molecule has 2 nitrogen and oxygen atoms in total. The van der Waals surface area contributed by atoms with Crippen molar-refractivity contribution in [2.24, 2.45) is 0 Å². The normalized spacial score (nSPS) is 10.8. The highest BCUT2D eigenvalue weighted by Crippen LogP contribution is 2.13. The number of allylic oxidation sites excluding steroid dienone is 1. The maximum atomic E-state index is 4.01. The van der Waals surface area contributed by atoms with Crippen LogP contribution in [0.2, 0.25) is 0 Å². The topological polar surface area (TPSA) is 16.1 Å². The van der Waals surface area contributed by atoms with Crippen LogP contribution in [0.4, 0.5) is 5.69 Å². The number of nitrogens with zero attached hydrogens (tertiary/aromatic N) is 2. The molecule has 92 valence electrons. The van der Waals surface area contributed by atoms with Crippen molar-refractivity contribution < 1.29 is 0 Å². The summed E-state index contributed by atoms with van der Waals surface area (Å²) < 4.78 is 0. The van der Waals surface area contributed by atoms with E-state index in [-0.39, 0.29) is 0 Å². The lowest BCUT2D eigenvalue weighted by atomic mass is 10.1. The van der Waals surface area contributed by atoms with Gasteiger partial charge in [0.1, 0.15) is 0 Å². The predicted octanol–water partition coefficient (Wildman–Crippen LogP) is 3.40. The number of rotatable bonds is 4. The molecule has 2 rings (SSSR count). The number of aromatic nitrogens is 1. The summed E-state index contributed by atoms with van der Waals surface area (Å²) >= 11 is 0. The quantitative estimate of drug-likeness (QED) is 0.811. The van der Waals surface area contributed by atoms with Gasteiger partial charge in [0.15, 0.2) is 0 Å². The van der Waals surface area contributed by atoms with Gasteiger partial charge in [-0.25, -0.2) is 0 Å². The number of hydrogen-bond donors (Lipinski definition) is 0. The number of anilines is 1. The highest BCUT2D eigenvalue weighted by atomic mass is 15.1. The molecule has 0 fully saturated rings. The van der Waals surface area contributed by atoms with Crippen LogP contribution in [0.15, 0.2) is 54.9 Å². The van der Waals surface area contributed by atoms with Gasteiger partial charge >= 0.3 is 0 Å². The van der Waals surface area contributed by atoms with Gasteiger partial charge in [0.05, 0.1) is 0 Å². The maximum Gasteiger partial charge on any atom is 0.0361 e. The van der Waals surface area contributed by atoms with E-state index < -0.39 is 0 Å². The minimum atomic E-state index is 0.942. The van der Waals surface area contributed by atoms with Crippen molar-refractivity contribution in [1.29, 1.82) is 0 Å². The molecule has 0 spiro atoms. The molecule has 0 N–H and O–H groups in total. The van der Waals surface area contributed by atoms with E-state index in [9.17, 15) is 0 Å².